The van der Waals surface area contributed by atoms with E-state index in [1.54, 1.807) is 21.3 Å². The number of methoxy groups -OCH3 is 3. The minimum Gasteiger partial charge on any atom is -0.331 e. The van der Waals surface area contributed by atoms with Crippen LogP contribution >= 0.6 is 0 Å². The summed E-state index contributed by atoms with van der Waals surface area (Å²) in [6.45, 7) is 4.65. The summed E-state index contributed by atoms with van der Waals surface area (Å²) >= 11 is 0. The molecule has 0 aliphatic rings. The van der Waals surface area contributed by atoms with Crippen molar-refractivity contribution >= 4 is 0 Å². The largest absolute Gasteiger partial charge is 0.389 e. The third kappa shape index (κ3) is 16.0. The van der Waals surface area contributed by atoms with Crippen LogP contribution < -0.4 is 0 Å². The van der Waals surface area contributed by atoms with Gasteiger partial charge in [-0.2, -0.15) is 13.2 Å². The van der Waals surface area contributed by atoms with Gasteiger partial charge in [0, 0.05) is 34.2 Å². The molecule has 1 atom stereocenters. The quantitative estimate of drug-likeness (QED) is 0.128. The molecule has 188 valence electrons. The number of rotatable bonds is 21. The summed E-state index contributed by atoms with van der Waals surface area (Å²) in [5.74, 6) is -0.902. The minimum absolute atomic E-state index is 0.277. The van der Waals surface area contributed by atoms with Gasteiger partial charge >= 0.3 is 6.18 Å². The molecule has 0 heterocycles. The maximum atomic E-state index is 12.2. The molecule has 0 aliphatic heterocycles. The van der Waals surface area contributed by atoms with Gasteiger partial charge in [-0.25, -0.2) is 0 Å². The Bertz CT molecular complexity index is 403. The van der Waals surface area contributed by atoms with Gasteiger partial charge in [0.15, 0.2) is 0 Å². The number of hydrogen-bond acceptors (Lipinski definition) is 3. The topological polar surface area (TPSA) is 27.7 Å². The van der Waals surface area contributed by atoms with Crippen LogP contribution in [-0.4, -0.2) is 33.5 Å². The lowest BCUT2D eigenvalue weighted by Crippen LogP contribution is -2.35. The SMILES string of the molecule is CCCC(C)(CCCCCCCCC(OC)(OC)OC)CCCCCCCC(F)(F)F. The number of halogens is 3. The third-order valence-corrected chi connectivity index (χ3v) is 6.54. The Morgan fingerprint density at radius 2 is 0.871 bits per heavy atom. The van der Waals surface area contributed by atoms with E-state index in [2.05, 4.69) is 13.8 Å². The van der Waals surface area contributed by atoms with Crippen LogP contribution in [0.15, 0.2) is 0 Å². The molecule has 0 amide bonds. The summed E-state index contributed by atoms with van der Waals surface area (Å²) in [4.78, 5) is 0. The summed E-state index contributed by atoms with van der Waals surface area (Å²) in [7, 11) is 4.82. The van der Waals surface area contributed by atoms with Crippen LogP contribution in [0.4, 0.5) is 13.2 Å². The summed E-state index contributed by atoms with van der Waals surface area (Å²) in [6, 6.07) is 0. The maximum Gasteiger partial charge on any atom is 0.389 e. The monoisotopic (exact) mass is 454 g/mol. The molecule has 6 heteroatoms. The summed E-state index contributed by atoms with van der Waals surface area (Å²) in [6.07, 6.45) is 12.3. The fourth-order valence-electron chi connectivity index (χ4n) is 4.54. The maximum absolute atomic E-state index is 12.2. The third-order valence-electron chi connectivity index (χ3n) is 6.54. The Kier molecular flexibility index (Phi) is 17.0. The Morgan fingerprint density at radius 1 is 0.516 bits per heavy atom. The van der Waals surface area contributed by atoms with Crippen LogP contribution in [0.1, 0.15) is 123 Å². The highest BCUT2D eigenvalue weighted by Gasteiger charge is 2.28. The van der Waals surface area contributed by atoms with Crippen molar-refractivity contribution in [2.24, 2.45) is 5.41 Å². The van der Waals surface area contributed by atoms with Crippen LogP contribution in [0.3, 0.4) is 0 Å². The Labute approximate surface area is 189 Å². The molecule has 31 heavy (non-hydrogen) atoms. The molecule has 0 aromatic carbocycles. The van der Waals surface area contributed by atoms with Crippen molar-refractivity contribution in [3.05, 3.63) is 0 Å². The van der Waals surface area contributed by atoms with E-state index >= 15 is 0 Å². The fraction of sp³-hybridized carbons (Fsp3) is 1.00. The molecule has 0 N–H and O–H groups in total. The minimum atomic E-state index is -4.00. The van der Waals surface area contributed by atoms with Crippen molar-refractivity contribution in [3.8, 4) is 0 Å². The fourth-order valence-corrected chi connectivity index (χ4v) is 4.54. The second-order valence-corrected chi connectivity index (χ2v) is 9.36. The zero-order valence-electron chi connectivity index (χ0n) is 20.9. The molecule has 0 aromatic heterocycles. The lowest BCUT2D eigenvalue weighted by molar-refractivity contribution is -0.355. The zero-order valence-corrected chi connectivity index (χ0v) is 20.9. The van der Waals surface area contributed by atoms with E-state index in [4.69, 9.17) is 14.2 Å². The van der Waals surface area contributed by atoms with E-state index < -0.39 is 18.6 Å². The average Bonchev–Trinajstić information content (AvgIpc) is 2.72. The smallest absolute Gasteiger partial charge is 0.331 e. The van der Waals surface area contributed by atoms with Crippen LogP contribution in [-0.2, 0) is 14.2 Å². The molecule has 0 radical (unpaired) electrons. The van der Waals surface area contributed by atoms with Crippen molar-refractivity contribution in [3.63, 3.8) is 0 Å². The molecule has 0 saturated heterocycles. The Hall–Kier alpha value is -0.330. The molecule has 0 aromatic rings. The van der Waals surface area contributed by atoms with E-state index in [-0.39, 0.29) is 6.42 Å². The van der Waals surface area contributed by atoms with Crippen molar-refractivity contribution in [1.29, 1.82) is 0 Å². The standard InChI is InChI=1S/C25H49F3O3/c1-6-18-23(2,20-15-11-9-12-16-21-24(26,27)28)19-14-10-7-8-13-17-22-25(29-3,30-4)31-5/h6-22H2,1-5H3. The van der Waals surface area contributed by atoms with Crippen molar-refractivity contribution < 1.29 is 27.4 Å². The summed E-state index contributed by atoms with van der Waals surface area (Å²) in [5, 5.41) is 0. The van der Waals surface area contributed by atoms with Gasteiger partial charge in [-0.15, -0.1) is 0 Å². The van der Waals surface area contributed by atoms with Gasteiger partial charge < -0.3 is 14.2 Å². The molecular formula is C25H49F3O3. The number of ether oxygens (including phenoxy) is 3. The van der Waals surface area contributed by atoms with Crippen LogP contribution in [0, 0.1) is 5.41 Å². The van der Waals surface area contributed by atoms with Gasteiger partial charge in [-0.1, -0.05) is 78.1 Å². The molecule has 0 aliphatic carbocycles. The van der Waals surface area contributed by atoms with E-state index in [9.17, 15) is 13.2 Å². The Balaban J connectivity index is 3.88. The van der Waals surface area contributed by atoms with Crippen molar-refractivity contribution in [2.45, 2.75) is 135 Å². The van der Waals surface area contributed by atoms with Gasteiger partial charge in [-0.3, -0.25) is 0 Å². The number of unbranched alkanes of at least 4 members (excludes halogenated alkanes) is 9. The molecule has 3 nitrogen and oxygen atoms in total. The zero-order chi connectivity index (χ0) is 23.6. The van der Waals surface area contributed by atoms with E-state index in [0.29, 0.717) is 11.8 Å². The second kappa shape index (κ2) is 17.2. The first-order valence-corrected chi connectivity index (χ1v) is 12.4. The first-order chi connectivity index (χ1) is 14.7. The lowest BCUT2D eigenvalue weighted by Gasteiger charge is -2.30. The first kappa shape index (κ1) is 30.7. The number of alkyl halides is 3. The highest BCUT2D eigenvalue weighted by molar-refractivity contribution is 4.74. The number of hydrogen-bond donors (Lipinski definition) is 0. The highest BCUT2D eigenvalue weighted by atomic mass is 19.4. The van der Waals surface area contributed by atoms with Gasteiger partial charge in [0.05, 0.1) is 0 Å². The molecule has 1 unspecified atom stereocenters. The van der Waals surface area contributed by atoms with Gasteiger partial charge in [0.25, 0.3) is 5.97 Å². The van der Waals surface area contributed by atoms with E-state index in [1.165, 1.54) is 51.4 Å². The van der Waals surface area contributed by atoms with Crippen LogP contribution in [0.5, 0.6) is 0 Å². The summed E-state index contributed by atoms with van der Waals surface area (Å²) in [5.41, 5.74) is 0.385. The molecule has 0 bridgehead atoms. The normalized spacial score (nSPS) is 14.7. The molecule has 0 saturated carbocycles. The first-order valence-electron chi connectivity index (χ1n) is 12.4. The van der Waals surface area contributed by atoms with Gasteiger partial charge in [0.1, 0.15) is 0 Å². The van der Waals surface area contributed by atoms with Crippen LogP contribution in [0.2, 0.25) is 0 Å². The van der Waals surface area contributed by atoms with Gasteiger partial charge in [-0.05, 0) is 37.5 Å². The molecular weight excluding hydrogens is 405 g/mol. The predicted octanol–water partition coefficient (Wildman–Crippen LogP) is 8.80. The second-order valence-electron chi connectivity index (χ2n) is 9.36. The van der Waals surface area contributed by atoms with Crippen LogP contribution in [0.25, 0.3) is 0 Å². The van der Waals surface area contributed by atoms with Crippen molar-refractivity contribution in [1.82, 2.24) is 0 Å². The average molecular weight is 455 g/mol. The van der Waals surface area contributed by atoms with E-state index in [0.717, 1.165) is 38.5 Å². The predicted molar refractivity (Wildman–Crippen MR) is 122 cm³/mol. The Morgan fingerprint density at radius 3 is 1.23 bits per heavy atom. The molecule has 0 fully saturated rings. The molecule has 0 rings (SSSR count). The highest BCUT2D eigenvalue weighted by Crippen LogP contribution is 2.36. The molecule has 0 spiro atoms. The van der Waals surface area contributed by atoms with Gasteiger partial charge in [0.2, 0.25) is 0 Å². The lowest BCUT2D eigenvalue weighted by atomic mass is 9.76. The van der Waals surface area contributed by atoms with Crippen molar-refractivity contribution in [2.75, 3.05) is 21.3 Å². The summed E-state index contributed by atoms with van der Waals surface area (Å²) < 4.78 is 52.5. The van der Waals surface area contributed by atoms with E-state index in [1.807, 2.05) is 0 Å².